The molecule has 1 aliphatic carbocycles. The Morgan fingerprint density at radius 1 is 1.58 bits per heavy atom. The van der Waals surface area contributed by atoms with Crippen molar-refractivity contribution in [1.82, 2.24) is 14.8 Å². The maximum Gasteiger partial charge on any atom is 0.195 e. The van der Waals surface area contributed by atoms with Crippen molar-refractivity contribution in [2.45, 2.75) is 38.6 Å². The molecule has 0 amide bonds. The Hall–Kier alpha value is -0.640. The number of aromatic amines is 1. The maximum atomic E-state index is 5.17. The molecule has 66 valence electrons. The third kappa shape index (κ3) is 0.941. The first-order chi connectivity index (χ1) is 5.63. The van der Waals surface area contributed by atoms with E-state index in [2.05, 4.69) is 21.7 Å². The van der Waals surface area contributed by atoms with Gasteiger partial charge >= 0.3 is 0 Å². The van der Waals surface area contributed by atoms with Gasteiger partial charge in [-0.3, -0.25) is 9.67 Å². The van der Waals surface area contributed by atoms with Crippen LogP contribution in [0.25, 0.3) is 0 Å². The van der Waals surface area contributed by atoms with Gasteiger partial charge in [0.25, 0.3) is 0 Å². The zero-order valence-corrected chi connectivity index (χ0v) is 8.24. The number of nitrogens with zero attached hydrogens (tertiary/aromatic N) is 2. The Morgan fingerprint density at radius 3 is 2.58 bits per heavy atom. The van der Waals surface area contributed by atoms with Gasteiger partial charge in [0.05, 0.1) is 0 Å². The third-order valence-corrected chi connectivity index (χ3v) is 3.08. The summed E-state index contributed by atoms with van der Waals surface area (Å²) in [7, 11) is 0. The summed E-state index contributed by atoms with van der Waals surface area (Å²) in [6.45, 7) is 4.24. The Balaban J connectivity index is 2.51. The molecule has 1 heterocycles. The van der Waals surface area contributed by atoms with Crippen LogP contribution in [0.15, 0.2) is 0 Å². The molecule has 0 spiro atoms. The Labute approximate surface area is 76.8 Å². The predicted octanol–water partition coefficient (Wildman–Crippen LogP) is 2.15. The monoisotopic (exact) mass is 183 g/mol. The SMILES string of the molecule is Cc1n[nH]c(=S)n1C1(C)CCC1. The molecular formula is C8H13N3S. The van der Waals surface area contributed by atoms with Crippen LogP contribution < -0.4 is 0 Å². The van der Waals surface area contributed by atoms with Gasteiger partial charge in [-0.1, -0.05) is 0 Å². The molecule has 2 rings (SSSR count). The van der Waals surface area contributed by atoms with Gasteiger partial charge in [0.15, 0.2) is 4.77 Å². The Kier molecular flexibility index (Phi) is 1.61. The minimum atomic E-state index is 0.244. The molecule has 0 bridgehead atoms. The predicted molar refractivity (Wildman–Crippen MR) is 49.6 cm³/mol. The minimum absolute atomic E-state index is 0.244. The lowest BCUT2D eigenvalue weighted by atomic mass is 9.78. The molecule has 0 aliphatic heterocycles. The van der Waals surface area contributed by atoms with Crippen molar-refractivity contribution < 1.29 is 0 Å². The summed E-state index contributed by atoms with van der Waals surface area (Å²) in [5, 5.41) is 6.94. The number of nitrogens with one attached hydrogen (secondary N) is 1. The van der Waals surface area contributed by atoms with E-state index in [1.807, 2.05) is 6.92 Å². The minimum Gasteiger partial charge on any atom is -0.298 e. The van der Waals surface area contributed by atoms with Crippen LogP contribution in [0, 0.1) is 11.7 Å². The highest BCUT2D eigenvalue weighted by Crippen LogP contribution is 2.39. The fourth-order valence-corrected chi connectivity index (χ4v) is 2.32. The van der Waals surface area contributed by atoms with Gasteiger partial charge in [0, 0.05) is 5.54 Å². The third-order valence-electron chi connectivity index (χ3n) is 2.81. The van der Waals surface area contributed by atoms with E-state index in [0.717, 1.165) is 10.6 Å². The van der Waals surface area contributed by atoms with Crippen molar-refractivity contribution in [2.75, 3.05) is 0 Å². The molecule has 0 aromatic carbocycles. The van der Waals surface area contributed by atoms with Gasteiger partial charge in [-0.25, -0.2) is 0 Å². The van der Waals surface area contributed by atoms with Crippen molar-refractivity contribution in [3.8, 4) is 0 Å². The average molecular weight is 183 g/mol. The molecular weight excluding hydrogens is 170 g/mol. The molecule has 4 heteroatoms. The average Bonchev–Trinajstić information content (AvgIpc) is 2.27. The van der Waals surface area contributed by atoms with E-state index in [9.17, 15) is 0 Å². The van der Waals surface area contributed by atoms with Gasteiger partial charge in [-0.15, -0.1) is 0 Å². The molecule has 1 fully saturated rings. The molecule has 0 radical (unpaired) electrons. The topological polar surface area (TPSA) is 33.6 Å². The molecule has 0 atom stereocenters. The van der Waals surface area contributed by atoms with E-state index in [4.69, 9.17) is 12.2 Å². The van der Waals surface area contributed by atoms with Crippen LogP contribution in [0.3, 0.4) is 0 Å². The van der Waals surface area contributed by atoms with Gasteiger partial charge in [-0.05, 0) is 45.3 Å². The van der Waals surface area contributed by atoms with Gasteiger partial charge in [0.2, 0.25) is 0 Å². The highest BCUT2D eigenvalue weighted by Gasteiger charge is 2.35. The first kappa shape index (κ1) is 7.98. The van der Waals surface area contributed by atoms with E-state index >= 15 is 0 Å². The molecule has 12 heavy (non-hydrogen) atoms. The zero-order chi connectivity index (χ0) is 8.77. The van der Waals surface area contributed by atoms with Crippen LogP contribution in [0.4, 0.5) is 0 Å². The number of aryl methyl sites for hydroxylation is 1. The molecule has 1 N–H and O–H groups in total. The van der Waals surface area contributed by atoms with Crippen molar-refractivity contribution in [3.63, 3.8) is 0 Å². The molecule has 1 aromatic rings. The Morgan fingerprint density at radius 2 is 2.25 bits per heavy atom. The van der Waals surface area contributed by atoms with E-state index in [0.29, 0.717) is 0 Å². The second-order valence-electron chi connectivity index (χ2n) is 3.76. The summed E-state index contributed by atoms with van der Waals surface area (Å²) >= 11 is 5.17. The lowest BCUT2D eigenvalue weighted by Crippen LogP contribution is -2.38. The van der Waals surface area contributed by atoms with Gasteiger partial charge in [-0.2, -0.15) is 5.10 Å². The van der Waals surface area contributed by atoms with Crippen LogP contribution in [0.2, 0.25) is 0 Å². The van der Waals surface area contributed by atoms with Gasteiger partial charge in [0.1, 0.15) is 5.82 Å². The molecule has 1 saturated carbocycles. The second kappa shape index (κ2) is 2.42. The summed E-state index contributed by atoms with van der Waals surface area (Å²) in [4.78, 5) is 0. The lowest BCUT2D eigenvalue weighted by Gasteiger charge is -2.39. The summed E-state index contributed by atoms with van der Waals surface area (Å²) in [5.41, 5.74) is 0.244. The fraction of sp³-hybridized carbons (Fsp3) is 0.750. The number of hydrogen-bond donors (Lipinski definition) is 1. The Bertz CT molecular complexity index is 345. The number of rotatable bonds is 1. The highest BCUT2D eigenvalue weighted by atomic mass is 32.1. The van der Waals surface area contributed by atoms with Crippen LogP contribution in [-0.4, -0.2) is 14.8 Å². The second-order valence-corrected chi connectivity index (χ2v) is 4.15. The van der Waals surface area contributed by atoms with Gasteiger partial charge < -0.3 is 0 Å². The fourth-order valence-electron chi connectivity index (χ4n) is 1.92. The largest absolute Gasteiger partial charge is 0.298 e. The van der Waals surface area contributed by atoms with E-state index in [1.165, 1.54) is 19.3 Å². The van der Waals surface area contributed by atoms with Crippen molar-refractivity contribution >= 4 is 12.2 Å². The van der Waals surface area contributed by atoms with E-state index in [-0.39, 0.29) is 5.54 Å². The zero-order valence-electron chi connectivity index (χ0n) is 7.42. The quantitative estimate of drug-likeness (QED) is 0.677. The van der Waals surface area contributed by atoms with Crippen LogP contribution >= 0.6 is 12.2 Å². The van der Waals surface area contributed by atoms with Crippen molar-refractivity contribution in [2.24, 2.45) is 0 Å². The van der Waals surface area contributed by atoms with Crippen molar-refractivity contribution in [3.05, 3.63) is 10.6 Å². The van der Waals surface area contributed by atoms with E-state index < -0.39 is 0 Å². The first-order valence-electron chi connectivity index (χ1n) is 4.28. The maximum absolute atomic E-state index is 5.17. The highest BCUT2D eigenvalue weighted by molar-refractivity contribution is 7.71. The molecule has 1 aromatic heterocycles. The number of hydrogen-bond acceptors (Lipinski definition) is 2. The van der Waals surface area contributed by atoms with Crippen LogP contribution in [0.1, 0.15) is 32.0 Å². The van der Waals surface area contributed by atoms with E-state index in [1.54, 1.807) is 0 Å². The molecule has 0 unspecified atom stereocenters. The van der Waals surface area contributed by atoms with Crippen LogP contribution in [0.5, 0.6) is 0 Å². The summed E-state index contributed by atoms with van der Waals surface area (Å²) in [6.07, 6.45) is 3.76. The summed E-state index contributed by atoms with van der Waals surface area (Å²) < 4.78 is 2.90. The smallest absolute Gasteiger partial charge is 0.195 e. The van der Waals surface area contributed by atoms with Crippen molar-refractivity contribution in [1.29, 1.82) is 0 Å². The molecule has 0 saturated heterocycles. The molecule has 3 nitrogen and oxygen atoms in total. The first-order valence-corrected chi connectivity index (χ1v) is 4.69. The number of H-pyrrole nitrogens is 1. The standard InChI is InChI=1S/C8H13N3S/c1-6-9-10-7(12)11(6)8(2)4-3-5-8/h3-5H2,1-2H3,(H,10,12). The summed E-state index contributed by atoms with van der Waals surface area (Å²) in [5.74, 6) is 1.00. The normalized spacial score (nSPS) is 20.5. The van der Waals surface area contributed by atoms with Crippen LogP contribution in [-0.2, 0) is 5.54 Å². The lowest BCUT2D eigenvalue weighted by molar-refractivity contribution is 0.162. The molecule has 1 aliphatic rings. The summed E-state index contributed by atoms with van der Waals surface area (Å²) in [6, 6.07) is 0. The number of aromatic nitrogens is 3.